The van der Waals surface area contributed by atoms with Gasteiger partial charge in [0.1, 0.15) is 24.4 Å². The first-order valence-corrected chi connectivity index (χ1v) is 12.2. The van der Waals surface area contributed by atoms with Gasteiger partial charge in [0.05, 0.1) is 30.9 Å². The van der Waals surface area contributed by atoms with Gasteiger partial charge in [-0.25, -0.2) is 0 Å². The van der Waals surface area contributed by atoms with Crippen molar-refractivity contribution in [2.24, 2.45) is 0 Å². The number of ether oxygens (including phenoxy) is 4. The molecule has 3 aromatic carbocycles. The lowest BCUT2D eigenvalue weighted by molar-refractivity contribution is -0.283. The molecule has 2 aliphatic rings. The molecule has 2 amide bonds. The summed E-state index contributed by atoms with van der Waals surface area (Å²) in [5, 5.41) is 11.4. The van der Waals surface area contributed by atoms with Gasteiger partial charge in [0, 0.05) is 7.11 Å². The minimum atomic E-state index is -1.19. The number of benzene rings is 3. The molecule has 5 rings (SSSR count). The zero-order chi connectivity index (χ0) is 25.8. The maximum absolute atomic E-state index is 13.3. The maximum Gasteiger partial charge on any atom is 0.262 e. The molecule has 192 valence electrons. The third-order valence-corrected chi connectivity index (χ3v) is 6.68. The first-order chi connectivity index (χ1) is 18.1. The van der Waals surface area contributed by atoms with Crippen molar-refractivity contribution in [3.8, 4) is 0 Å². The van der Waals surface area contributed by atoms with Crippen molar-refractivity contribution < 1.29 is 33.6 Å². The molecule has 0 saturated carbocycles. The van der Waals surface area contributed by atoms with E-state index in [1.165, 1.54) is 7.11 Å². The number of carbonyl (C=O) groups is 2. The van der Waals surface area contributed by atoms with Crippen LogP contribution in [-0.2, 0) is 32.2 Å². The fourth-order valence-electron chi connectivity index (χ4n) is 4.81. The fourth-order valence-corrected chi connectivity index (χ4v) is 4.81. The van der Waals surface area contributed by atoms with Gasteiger partial charge in [0.25, 0.3) is 11.8 Å². The van der Waals surface area contributed by atoms with E-state index in [2.05, 4.69) is 0 Å². The summed E-state index contributed by atoms with van der Waals surface area (Å²) in [4.78, 5) is 27.8. The third-order valence-electron chi connectivity index (χ3n) is 6.68. The van der Waals surface area contributed by atoms with Crippen LogP contribution in [0.3, 0.4) is 0 Å². The second-order valence-corrected chi connectivity index (χ2v) is 9.05. The number of imide groups is 1. The molecule has 0 spiro atoms. The van der Waals surface area contributed by atoms with Gasteiger partial charge in [-0.05, 0) is 23.3 Å². The Morgan fingerprint density at radius 1 is 0.811 bits per heavy atom. The molecule has 0 aromatic heterocycles. The number of nitrogens with zero attached hydrogens (tertiary/aromatic N) is 1. The lowest BCUT2D eigenvalue weighted by Gasteiger charge is -2.46. The molecule has 1 fully saturated rings. The molecule has 37 heavy (non-hydrogen) atoms. The van der Waals surface area contributed by atoms with E-state index in [0.717, 1.165) is 16.0 Å². The van der Waals surface area contributed by atoms with Crippen LogP contribution < -0.4 is 0 Å². The first-order valence-electron chi connectivity index (χ1n) is 12.2. The van der Waals surface area contributed by atoms with Gasteiger partial charge in [-0.15, -0.1) is 0 Å². The van der Waals surface area contributed by atoms with Crippen LogP contribution in [0, 0.1) is 0 Å². The average Bonchev–Trinajstić information content (AvgIpc) is 3.19. The number of amides is 2. The fraction of sp³-hybridized carbons (Fsp3) is 0.310. The van der Waals surface area contributed by atoms with Gasteiger partial charge in [-0.1, -0.05) is 72.8 Å². The molecule has 0 unspecified atom stereocenters. The molecule has 0 bridgehead atoms. The van der Waals surface area contributed by atoms with E-state index in [1.807, 2.05) is 60.7 Å². The summed E-state index contributed by atoms with van der Waals surface area (Å²) >= 11 is 0. The average molecular weight is 504 g/mol. The Balaban J connectivity index is 1.40. The van der Waals surface area contributed by atoms with Gasteiger partial charge in [-0.3, -0.25) is 14.5 Å². The summed E-state index contributed by atoms with van der Waals surface area (Å²) in [7, 11) is 1.43. The Labute approximate surface area is 215 Å². The molecule has 1 N–H and O–H groups in total. The van der Waals surface area contributed by atoms with Crippen molar-refractivity contribution in [2.75, 3.05) is 13.7 Å². The van der Waals surface area contributed by atoms with E-state index < -0.39 is 42.5 Å². The zero-order valence-electron chi connectivity index (χ0n) is 20.4. The van der Waals surface area contributed by atoms with Gasteiger partial charge in [0.2, 0.25) is 0 Å². The lowest BCUT2D eigenvalue weighted by atomic mass is 9.95. The van der Waals surface area contributed by atoms with Gasteiger partial charge < -0.3 is 24.1 Å². The van der Waals surface area contributed by atoms with E-state index in [9.17, 15) is 14.7 Å². The number of methoxy groups -OCH3 is 1. The number of aliphatic hydroxyl groups is 1. The summed E-state index contributed by atoms with van der Waals surface area (Å²) < 4.78 is 23.7. The highest BCUT2D eigenvalue weighted by molar-refractivity contribution is 6.21. The Morgan fingerprint density at radius 3 is 1.92 bits per heavy atom. The quantitative estimate of drug-likeness (QED) is 0.448. The Morgan fingerprint density at radius 2 is 1.35 bits per heavy atom. The number of aliphatic hydroxyl groups excluding tert-OH is 1. The maximum atomic E-state index is 13.3. The monoisotopic (exact) mass is 503 g/mol. The Kier molecular flexibility index (Phi) is 7.73. The summed E-state index contributed by atoms with van der Waals surface area (Å²) in [5.74, 6) is -0.953. The first kappa shape index (κ1) is 25.3. The highest BCUT2D eigenvalue weighted by Crippen LogP contribution is 2.34. The van der Waals surface area contributed by atoms with Crippen molar-refractivity contribution in [3.63, 3.8) is 0 Å². The van der Waals surface area contributed by atoms with Crippen LogP contribution in [0.15, 0.2) is 84.9 Å². The SMILES string of the molecule is CO[C@H]1O[C@H](COCc2ccccc2)[C@@H](O)[C@H](OCc2ccccc2)[C@H]1N1C(=O)c2ccccc2C1=O. The molecular formula is C29H29NO7. The topological polar surface area (TPSA) is 94.5 Å². The van der Waals surface area contributed by atoms with Crippen LogP contribution in [0.25, 0.3) is 0 Å². The second-order valence-electron chi connectivity index (χ2n) is 9.05. The minimum absolute atomic E-state index is 0.0654. The van der Waals surface area contributed by atoms with E-state index >= 15 is 0 Å². The van der Waals surface area contributed by atoms with Crippen molar-refractivity contribution >= 4 is 11.8 Å². The number of fused-ring (bicyclic) bond motifs is 1. The molecule has 3 aromatic rings. The van der Waals surface area contributed by atoms with E-state index in [-0.39, 0.29) is 13.2 Å². The summed E-state index contributed by atoms with van der Waals surface area (Å²) in [6, 6.07) is 24.7. The van der Waals surface area contributed by atoms with Crippen LogP contribution in [0.1, 0.15) is 31.8 Å². The molecule has 1 saturated heterocycles. The predicted octanol–water partition coefficient (Wildman–Crippen LogP) is 3.19. The largest absolute Gasteiger partial charge is 0.388 e. The molecule has 2 heterocycles. The highest BCUT2D eigenvalue weighted by atomic mass is 16.7. The van der Waals surface area contributed by atoms with Crippen molar-refractivity contribution in [3.05, 3.63) is 107 Å². The molecule has 0 radical (unpaired) electrons. The number of carbonyl (C=O) groups excluding carboxylic acids is 2. The van der Waals surface area contributed by atoms with Crippen LogP contribution in [0.2, 0.25) is 0 Å². The van der Waals surface area contributed by atoms with Crippen molar-refractivity contribution in [1.29, 1.82) is 0 Å². The standard InChI is InChI=1S/C29H29NO7/c1-34-29-24(30-27(32)21-14-8-9-15-22(21)28(30)33)26(36-17-20-12-6-3-7-13-20)25(31)23(37-29)18-35-16-19-10-4-2-5-11-19/h2-15,23-26,29,31H,16-18H2,1H3/t23-,24-,25-,26-,29+/m1/s1. The molecule has 8 nitrogen and oxygen atoms in total. The summed E-state index contributed by atoms with van der Waals surface area (Å²) in [5.41, 5.74) is 2.46. The van der Waals surface area contributed by atoms with Crippen LogP contribution in [-0.4, -0.2) is 66.2 Å². The van der Waals surface area contributed by atoms with Crippen LogP contribution >= 0.6 is 0 Å². The normalized spacial score (nSPS) is 25.4. The van der Waals surface area contributed by atoms with Crippen LogP contribution in [0.5, 0.6) is 0 Å². The smallest absolute Gasteiger partial charge is 0.262 e. The molecular weight excluding hydrogens is 474 g/mol. The summed E-state index contributed by atoms with van der Waals surface area (Å²) in [6.07, 6.45) is -4.01. The third kappa shape index (κ3) is 5.20. The Hall–Kier alpha value is -3.40. The van der Waals surface area contributed by atoms with E-state index in [0.29, 0.717) is 17.7 Å². The zero-order valence-corrected chi connectivity index (χ0v) is 20.4. The lowest BCUT2D eigenvalue weighted by Crippen LogP contribution is -2.66. The second kappa shape index (κ2) is 11.3. The minimum Gasteiger partial charge on any atom is -0.388 e. The van der Waals surface area contributed by atoms with E-state index in [1.54, 1.807) is 24.3 Å². The molecule has 5 atom stereocenters. The van der Waals surface area contributed by atoms with Crippen molar-refractivity contribution in [1.82, 2.24) is 4.90 Å². The molecule has 0 aliphatic carbocycles. The number of hydrogen-bond acceptors (Lipinski definition) is 7. The van der Waals surface area contributed by atoms with E-state index in [4.69, 9.17) is 18.9 Å². The summed E-state index contributed by atoms with van der Waals surface area (Å²) in [6.45, 7) is 0.564. The molecule has 2 aliphatic heterocycles. The number of rotatable bonds is 9. The number of hydrogen-bond donors (Lipinski definition) is 1. The Bertz CT molecular complexity index is 1180. The predicted molar refractivity (Wildman–Crippen MR) is 134 cm³/mol. The van der Waals surface area contributed by atoms with Gasteiger partial charge >= 0.3 is 0 Å². The van der Waals surface area contributed by atoms with Gasteiger partial charge in [-0.2, -0.15) is 0 Å². The van der Waals surface area contributed by atoms with Crippen LogP contribution in [0.4, 0.5) is 0 Å². The highest BCUT2D eigenvalue weighted by Gasteiger charge is 2.54. The molecule has 8 heteroatoms. The van der Waals surface area contributed by atoms with Crippen molar-refractivity contribution in [2.45, 2.75) is 43.9 Å². The van der Waals surface area contributed by atoms with Gasteiger partial charge in [0.15, 0.2) is 6.29 Å².